The molecule has 0 aliphatic heterocycles. The van der Waals surface area contributed by atoms with Crippen molar-refractivity contribution in [1.82, 2.24) is 14.8 Å². The molecule has 2 aromatic heterocycles. The fourth-order valence-electron chi connectivity index (χ4n) is 3.03. The Kier molecular flexibility index (Phi) is 5.63. The molecule has 0 saturated carbocycles. The van der Waals surface area contributed by atoms with E-state index in [1.165, 1.54) is 16.2 Å². The summed E-state index contributed by atoms with van der Waals surface area (Å²) in [5.41, 5.74) is 3.67. The number of thioether (sulfide) groups is 1. The average Bonchev–Trinajstić information content (AvgIpc) is 3.30. The predicted octanol–water partition coefficient (Wildman–Crippen LogP) is 5.66. The second kappa shape index (κ2) is 8.18. The van der Waals surface area contributed by atoms with E-state index in [9.17, 15) is 4.79 Å². The van der Waals surface area contributed by atoms with Crippen molar-refractivity contribution in [3.8, 4) is 5.13 Å². The molecule has 8 heteroatoms. The van der Waals surface area contributed by atoms with Gasteiger partial charge in [0.15, 0.2) is 0 Å². The lowest BCUT2D eigenvalue weighted by atomic mass is 10.1. The first-order chi connectivity index (χ1) is 13.9. The van der Waals surface area contributed by atoms with Gasteiger partial charge in [-0.2, -0.15) is 9.78 Å². The number of amides is 1. The van der Waals surface area contributed by atoms with Crippen LogP contribution in [0.1, 0.15) is 16.8 Å². The van der Waals surface area contributed by atoms with E-state index in [-0.39, 0.29) is 5.91 Å². The maximum atomic E-state index is 12.6. The average molecular weight is 443 g/mol. The molecule has 0 saturated heterocycles. The standard InChI is InChI=1S/C21H19ClN4OS2/c1-12-4-9-16(22)20-19(12)24-21(29-20)26-17(10-13(2)25-26)23-18(27)11-14-5-7-15(28-3)8-6-14/h4-10H,11H2,1-3H3,(H,23,27). The number of rotatable bonds is 5. The Morgan fingerprint density at radius 3 is 2.66 bits per heavy atom. The van der Waals surface area contributed by atoms with Crippen LogP contribution in [0.4, 0.5) is 5.82 Å². The van der Waals surface area contributed by atoms with Gasteiger partial charge in [-0.1, -0.05) is 41.1 Å². The minimum Gasteiger partial charge on any atom is -0.310 e. The number of anilines is 1. The number of aromatic nitrogens is 3. The van der Waals surface area contributed by atoms with Crippen LogP contribution in [0.3, 0.4) is 0 Å². The lowest BCUT2D eigenvalue weighted by Gasteiger charge is -2.07. The first-order valence-electron chi connectivity index (χ1n) is 9.00. The lowest BCUT2D eigenvalue weighted by Crippen LogP contribution is -2.17. The Hall–Kier alpha value is -2.35. The fourth-order valence-corrected chi connectivity index (χ4v) is 4.72. The third-order valence-electron chi connectivity index (χ3n) is 4.49. The summed E-state index contributed by atoms with van der Waals surface area (Å²) in [5, 5.41) is 8.83. The molecule has 2 aromatic carbocycles. The second-order valence-corrected chi connectivity index (χ2v) is 8.96. The van der Waals surface area contributed by atoms with Crippen molar-refractivity contribution < 1.29 is 4.79 Å². The van der Waals surface area contributed by atoms with Crippen LogP contribution in [0.15, 0.2) is 47.4 Å². The molecule has 1 N–H and O–H groups in total. The Morgan fingerprint density at radius 2 is 1.97 bits per heavy atom. The monoisotopic (exact) mass is 442 g/mol. The molecule has 1 amide bonds. The summed E-state index contributed by atoms with van der Waals surface area (Å²) in [6.45, 7) is 3.89. The smallest absolute Gasteiger partial charge is 0.229 e. The second-order valence-electron chi connectivity index (χ2n) is 6.69. The molecule has 5 nitrogen and oxygen atoms in total. The van der Waals surface area contributed by atoms with Crippen molar-refractivity contribution >= 4 is 56.6 Å². The van der Waals surface area contributed by atoms with Gasteiger partial charge in [0.2, 0.25) is 11.0 Å². The van der Waals surface area contributed by atoms with Gasteiger partial charge in [0.25, 0.3) is 0 Å². The largest absolute Gasteiger partial charge is 0.310 e. The van der Waals surface area contributed by atoms with Crippen LogP contribution in [-0.2, 0) is 11.2 Å². The molecule has 0 spiro atoms. The van der Waals surface area contributed by atoms with Gasteiger partial charge in [0.05, 0.1) is 27.4 Å². The van der Waals surface area contributed by atoms with Crippen molar-refractivity contribution in [3.05, 3.63) is 64.3 Å². The van der Waals surface area contributed by atoms with Gasteiger partial charge < -0.3 is 5.32 Å². The van der Waals surface area contributed by atoms with Crippen molar-refractivity contribution in [1.29, 1.82) is 0 Å². The van der Waals surface area contributed by atoms with Crippen LogP contribution in [0.5, 0.6) is 0 Å². The molecule has 0 unspecified atom stereocenters. The van der Waals surface area contributed by atoms with E-state index in [1.54, 1.807) is 16.4 Å². The number of aryl methyl sites for hydroxylation is 2. The molecule has 0 fully saturated rings. The Bertz CT molecular complexity index is 1160. The number of nitrogens with zero attached hydrogens (tertiary/aromatic N) is 3. The van der Waals surface area contributed by atoms with Crippen molar-refractivity contribution in [3.63, 3.8) is 0 Å². The Labute approximate surface area is 182 Å². The van der Waals surface area contributed by atoms with Crippen LogP contribution in [0.2, 0.25) is 5.02 Å². The SMILES string of the molecule is CSc1ccc(CC(=O)Nc2cc(C)nn2-c2nc3c(C)ccc(Cl)c3s2)cc1. The van der Waals surface area contributed by atoms with Gasteiger partial charge in [0, 0.05) is 11.0 Å². The zero-order valence-electron chi connectivity index (χ0n) is 16.2. The molecule has 0 aliphatic rings. The number of thiazole rings is 1. The first-order valence-corrected chi connectivity index (χ1v) is 11.4. The highest BCUT2D eigenvalue weighted by Crippen LogP contribution is 2.34. The minimum absolute atomic E-state index is 0.0987. The summed E-state index contributed by atoms with van der Waals surface area (Å²) in [6, 6.07) is 13.7. The van der Waals surface area contributed by atoms with Gasteiger partial charge in [-0.25, -0.2) is 4.98 Å². The van der Waals surface area contributed by atoms with E-state index in [4.69, 9.17) is 16.6 Å². The van der Waals surface area contributed by atoms with Crippen molar-refractivity contribution in [2.24, 2.45) is 0 Å². The van der Waals surface area contributed by atoms with Crippen LogP contribution in [-0.4, -0.2) is 26.9 Å². The molecule has 0 atom stereocenters. The number of nitrogens with one attached hydrogen (secondary N) is 1. The van der Waals surface area contributed by atoms with E-state index < -0.39 is 0 Å². The van der Waals surface area contributed by atoms with E-state index in [0.717, 1.165) is 27.0 Å². The number of hydrogen-bond acceptors (Lipinski definition) is 5. The Balaban J connectivity index is 1.60. The number of halogens is 1. The van der Waals surface area contributed by atoms with Crippen LogP contribution >= 0.6 is 34.7 Å². The maximum absolute atomic E-state index is 12.6. The quantitative estimate of drug-likeness (QED) is 0.405. The normalized spacial score (nSPS) is 11.2. The van der Waals surface area contributed by atoms with E-state index in [0.29, 0.717) is 22.4 Å². The van der Waals surface area contributed by atoms with Gasteiger partial charge in [-0.3, -0.25) is 4.79 Å². The van der Waals surface area contributed by atoms with Crippen LogP contribution in [0.25, 0.3) is 15.3 Å². The molecule has 0 radical (unpaired) electrons. The molecule has 4 rings (SSSR count). The van der Waals surface area contributed by atoms with Crippen molar-refractivity contribution in [2.45, 2.75) is 25.2 Å². The van der Waals surface area contributed by atoms with Crippen LogP contribution in [0, 0.1) is 13.8 Å². The molecule has 2 heterocycles. The third-order valence-corrected chi connectivity index (χ3v) is 6.72. The van der Waals surface area contributed by atoms with E-state index in [1.807, 2.05) is 62.6 Å². The summed E-state index contributed by atoms with van der Waals surface area (Å²) in [5.74, 6) is 0.499. The number of fused-ring (bicyclic) bond motifs is 1. The van der Waals surface area contributed by atoms with Crippen LogP contribution < -0.4 is 5.32 Å². The summed E-state index contributed by atoms with van der Waals surface area (Å²) < 4.78 is 2.59. The highest BCUT2D eigenvalue weighted by atomic mass is 35.5. The first kappa shape index (κ1) is 19.9. The minimum atomic E-state index is -0.0987. The highest BCUT2D eigenvalue weighted by Gasteiger charge is 2.16. The summed E-state index contributed by atoms with van der Waals surface area (Å²) in [7, 11) is 0. The molecule has 148 valence electrons. The Morgan fingerprint density at radius 1 is 1.21 bits per heavy atom. The summed E-state index contributed by atoms with van der Waals surface area (Å²) in [4.78, 5) is 18.5. The molecule has 0 bridgehead atoms. The number of benzene rings is 2. The highest BCUT2D eigenvalue weighted by molar-refractivity contribution is 7.98. The van der Waals surface area contributed by atoms with Gasteiger partial charge in [0.1, 0.15) is 5.82 Å². The lowest BCUT2D eigenvalue weighted by molar-refractivity contribution is -0.115. The number of carbonyl (C=O) groups excluding carboxylic acids is 1. The molecule has 4 aromatic rings. The maximum Gasteiger partial charge on any atom is 0.229 e. The number of hydrogen-bond donors (Lipinski definition) is 1. The predicted molar refractivity (Wildman–Crippen MR) is 122 cm³/mol. The van der Waals surface area contributed by atoms with Gasteiger partial charge in [-0.15, -0.1) is 11.8 Å². The molecule has 0 aliphatic carbocycles. The third kappa shape index (κ3) is 4.17. The zero-order chi connectivity index (χ0) is 20.5. The zero-order valence-corrected chi connectivity index (χ0v) is 18.6. The fraction of sp³-hybridized carbons (Fsp3) is 0.190. The van der Waals surface area contributed by atoms with Gasteiger partial charge >= 0.3 is 0 Å². The molecule has 29 heavy (non-hydrogen) atoms. The van der Waals surface area contributed by atoms with E-state index >= 15 is 0 Å². The molecular formula is C21H19ClN4OS2. The molecular weight excluding hydrogens is 424 g/mol. The summed E-state index contributed by atoms with van der Waals surface area (Å²) in [6.07, 6.45) is 2.32. The number of carbonyl (C=O) groups is 1. The topological polar surface area (TPSA) is 59.8 Å². The van der Waals surface area contributed by atoms with E-state index in [2.05, 4.69) is 10.4 Å². The summed E-state index contributed by atoms with van der Waals surface area (Å²) >= 11 is 9.48. The van der Waals surface area contributed by atoms with Gasteiger partial charge in [-0.05, 0) is 49.4 Å². The van der Waals surface area contributed by atoms with Crippen molar-refractivity contribution in [2.75, 3.05) is 11.6 Å².